The Morgan fingerprint density at radius 1 is 1.35 bits per heavy atom. The first kappa shape index (κ1) is 14.3. The largest absolute Gasteiger partial charge is 0.507 e. The molecule has 0 saturated carbocycles. The third kappa shape index (κ3) is 3.27. The van der Waals surface area contributed by atoms with E-state index in [-0.39, 0.29) is 23.8 Å². The molecule has 6 heteroatoms. The molecule has 6 nitrogen and oxygen atoms in total. The summed E-state index contributed by atoms with van der Waals surface area (Å²) in [5.41, 5.74) is 0.823. The Kier molecular flexibility index (Phi) is 4.57. The number of carbonyl (C=O) groups excluding carboxylic acids is 2. The Labute approximate surface area is 117 Å². The topological polar surface area (TPSA) is 81.7 Å². The van der Waals surface area contributed by atoms with Crippen LogP contribution in [-0.4, -0.2) is 54.5 Å². The minimum absolute atomic E-state index is 0.0420. The summed E-state index contributed by atoms with van der Waals surface area (Å²) in [7, 11) is 0. The standard InChI is InChI=1S/C14H19N3O3/c1-10-3-2-4-11(13(10)19)14(20)16-9-12(18)17-7-5-15-6-8-17/h2-4,15,19H,5-9H2,1H3,(H,16,20). The number of hydrogen-bond acceptors (Lipinski definition) is 4. The minimum atomic E-state index is -0.435. The fourth-order valence-corrected chi connectivity index (χ4v) is 2.12. The Bertz CT molecular complexity index is 510. The number of rotatable bonds is 3. The van der Waals surface area contributed by atoms with Crippen LogP contribution in [0, 0.1) is 6.92 Å². The summed E-state index contributed by atoms with van der Waals surface area (Å²) in [6, 6.07) is 4.95. The molecule has 3 N–H and O–H groups in total. The van der Waals surface area contributed by atoms with E-state index in [0.29, 0.717) is 18.7 Å². The zero-order valence-electron chi connectivity index (χ0n) is 11.5. The molecule has 2 rings (SSSR count). The lowest BCUT2D eigenvalue weighted by molar-refractivity contribution is -0.130. The van der Waals surface area contributed by atoms with Crippen molar-refractivity contribution in [2.24, 2.45) is 0 Å². The zero-order valence-corrected chi connectivity index (χ0v) is 11.5. The Balaban J connectivity index is 1.91. The van der Waals surface area contributed by atoms with Gasteiger partial charge >= 0.3 is 0 Å². The number of nitrogens with one attached hydrogen (secondary N) is 2. The van der Waals surface area contributed by atoms with E-state index in [9.17, 15) is 14.7 Å². The first-order valence-corrected chi connectivity index (χ1v) is 6.65. The van der Waals surface area contributed by atoms with Crippen molar-refractivity contribution >= 4 is 11.8 Å². The highest BCUT2D eigenvalue weighted by molar-refractivity contribution is 5.99. The van der Waals surface area contributed by atoms with Crippen LogP contribution in [0.5, 0.6) is 5.75 Å². The summed E-state index contributed by atoms with van der Waals surface area (Å²) in [5.74, 6) is -0.582. The molecule has 20 heavy (non-hydrogen) atoms. The maximum atomic E-state index is 12.0. The van der Waals surface area contributed by atoms with Gasteiger partial charge in [-0.15, -0.1) is 0 Å². The molecule has 1 heterocycles. The first-order valence-electron chi connectivity index (χ1n) is 6.65. The number of benzene rings is 1. The fourth-order valence-electron chi connectivity index (χ4n) is 2.12. The number of amides is 2. The van der Waals surface area contributed by atoms with Crippen molar-refractivity contribution in [1.29, 1.82) is 0 Å². The summed E-state index contributed by atoms with van der Waals surface area (Å²) in [5, 5.41) is 15.5. The molecule has 0 spiro atoms. The average Bonchev–Trinajstić information content (AvgIpc) is 2.48. The molecule has 0 atom stereocenters. The fraction of sp³-hybridized carbons (Fsp3) is 0.429. The van der Waals surface area contributed by atoms with Gasteiger partial charge in [0.15, 0.2) is 0 Å². The van der Waals surface area contributed by atoms with E-state index in [2.05, 4.69) is 10.6 Å². The maximum absolute atomic E-state index is 12.0. The quantitative estimate of drug-likeness (QED) is 0.718. The molecule has 2 amide bonds. The van der Waals surface area contributed by atoms with Gasteiger partial charge in [-0.25, -0.2) is 0 Å². The molecule has 108 valence electrons. The Morgan fingerprint density at radius 2 is 2.05 bits per heavy atom. The molecular weight excluding hydrogens is 258 g/mol. The molecule has 0 aliphatic carbocycles. The van der Waals surface area contributed by atoms with Crippen LogP contribution in [0.4, 0.5) is 0 Å². The number of carbonyl (C=O) groups is 2. The molecular formula is C14H19N3O3. The summed E-state index contributed by atoms with van der Waals surface area (Å²) < 4.78 is 0. The molecule has 1 aromatic carbocycles. The number of hydrogen-bond donors (Lipinski definition) is 3. The van der Waals surface area contributed by atoms with Crippen LogP contribution in [0.15, 0.2) is 18.2 Å². The molecule has 0 aromatic heterocycles. The van der Waals surface area contributed by atoms with Crippen molar-refractivity contribution in [3.63, 3.8) is 0 Å². The monoisotopic (exact) mass is 277 g/mol. The van der Waals surface area contributed by atoms with Gasteiger partial charge in [0.25, 0.3) is 5.91 Å². The zero-order chi connectivity index (χ0) is 14.5. The molecule has 1 aliphatic rings. The van der Waals surface area contributed by atoms with E-state index in [0.717, 1.165) is 13.1 Å². The molecule has 1 aliphatic heterocycles. The Hall–Kier alpha value is -2.08. The van der Waals surface area contributed by atoms with Gasteiger partial charge in [-0.2, -0.15) is 0 Å². The van der Waals surface area contributed by atoms with Gasteiger partial charge in [0.1, 0.15) is 5.75 Å². The highest BCUT2D eigenvalue weighted by Crippen LogP contribution is 2.20. The van der Waals surface area contributed by atoms with Crippen molar-refractivity contribution in [3.05, 3.63) is 29.3 Å². The lowest BCUT2D eigenvalue weighted by atomic mass is 10.1. The number of para-hydroxylation sites is 1. The normalized spacial score (nSPS) is 14.9. The molecule has 0 radical (unpaired) electrons. The van der Waals surface area contributed by atoms with Crippen LogP contribution in [0.3, 0.4) is 0 Å². The highest BCUT2D eigenvalue weighted by atomic mass is 16.3. The molecule has 1 fully saturated rings. The van der Waals surface area contributed by atoms with Crippen molar-refractivity contribution in [3.8, 4) is 5.75 Å². The number of piperazine rings is 1. The second kappa shape index (κ2) is 6.38. The van der Waals surface area contributed by atoms with Crippen molar-refractivity contribution in [1.82, 2.24) is 15.5 Å². The first-order chi connectivity index (χ1) is 9.59. The predicted molar refractivity (Wildman–Crippen MR) is 74.6 cm³/mol. The molecule has 0 unspecified atom stereocenters. The Morgan fingerprint density at radius 3 is 2.75 bits per heavy atom. The van der Waals surface area contributed by atoms with Crippen molar-refractivity contribution < 1.29 is 14.7 Å². The van der Waals surface area contributed by atoms with Gasteiger partial charge in [0.05, 0.1) is 12.1 Å². The van der Waals surface area contributed by atoms with Gasteiger partial charge in [0, 0.05) is 26.2 Å². The SMILES string of the molecule is Cc1cccc(C(=O)NCC(=O)N2CCNCC2)c1O. The van der Waals surface area contributed by atoms with Crippen LogP contribution in [0.25, 0.3) is 0 Å². The lowest BCUT2D eigenvalue weighted by Crippen LogP contribution is -2.49. The van der Waals surface area contributed by atoms with E-state index in [4.69, 9.17) is 0 Å². The average molecular weight is 277 g/mol. The third-order valence-corrected chi connectivity index (χ3v) is 3.35. The maximum Gasteiger partial charge on any atom is 0.255 e. The van der Waals surface area contributed by atoms with Crippen LogP contribution in [0.1, 0.15) is 15.9 Å². The predicted octanol–water partition coefficient (Wildman–Crippen LogP) is -0.138. The van der Waals surface area contributed by atoms with Crippen LogP contribution < -0.4 is 10.6 Å². The summed E-state index contributed by atoms with van der Waals surface area (Å²) in [6.07, 6.45) is 0. The van der Waals surface area contributed by atoms with E-state index < -0.39 is 5.91 Å². The van der Waals surface area contributed by atoms with E-state index >= 15 is 0 Å². The highest BCUT2D eigenvalue weighted by Gasteiger charge is 2.18. The van der Waals surface area contributed by atoms with Gasteiger partial charge in [-0.05, 0) is 18.6 Å². The van der Waals surface area contributed by atoms with E-state index in [1.807, 2.05) is 0 Å². The van der Waals surface area contributed by atoms with Crippen LogP contribution >= 0.6 is 0 Å². The molecule has 0 bridgehead atoms. The van der Waals surface area contributed by atoms with E-state index in [1.165, 1.54) is 6.07 Å². The van der Waals surface area contributed by atoms with E-state index in [1.54, 1.807) is 24.0 Å². The minimum Gasteiger partial charge on any atom is -0.507 e. The van der Waals surface area contributed by atoms with Crippen LogP contribution in [0.2, 0.25) is 0 Å². The van der Waals surface area contributed by atoms with Crippen molar-refractivity contribution in [2.45, 2.75) is 6.92 Å². The van der Waals surface area contributed by atoms with Gasteiger partial charge in [-0.1, -0.05) is 12.1 Å². The number of aryl methyl sites for hydroxylation is 1. The third-order valence-electron chi connectivity index (χ3n) is 3.35. The second-order valence-corrected chi connectivity index (χ2v) is 4.78. The van der Waals surface area contributed by atoms with Crippen molar-refractivity contribution in [2.75, 3.05) is 32.7 Å². The molecule has 1 aromatic rings. The second-order valence-electron chi connectivity index (χ2n) is 4.78. The summed E-state index contributed by atoms with van der Waals surface area (Å²) in [4.78, 5) is 25.6. The van der Waals surface area contributed by atoms with Crippen LogP contribution in [-0.2, 0) is 4.79 Å². The number of phenols is 1. The lowest BCUT2D eigenvalue weighted by Gasteiger charge is -2.27. The van der Waals surface area contributed by atoms with Gasteiger partial charge < -0.3 is 20.6 Å². The number of phenolic OH excluding ortho intramolecular Hbond substituents is 1. The molecule has 1 saturated heterocycles. The van der Waals surface area contributed by atoms with Gasteiger partial charge in [-0.3, -0.25) is 9.59 Å². The van der Waals surface area contributed by atoms with Gasteiger partial charge in [0.2, 0.25) is 5.91 Å². The summed E-state index contributed by atoms with van der Waals surface area (Å²) in [6.45, 7) is 4.54. The number of aromatic hydroxyl groups is 1. The number of nitrogens with zero attached hydrogens (tertiary/aromatic N) is 1. The smallest absolute Gasteiger partial charge is 0.255 e. The summed E-state index contributed by atoms with van der Waals surface area (Å²) >= 11 is 0.